The van der Waals surface area contributed by atoms with E-state index in [4.69, 9.17) is 4.74 Å². The van der Waals surface area contributed by atoms with Gasteiger partial charge < -0.3 is 9.64 Å². The molecule has 0 spiro atoms. The van der Waals surface area contributed by atoms with Crippen molar-refractivity contribution in [1.29, 1.82) is 0 Å². The Morgan fingerprint density at radius 2 is 2.32 bits per heavy atom. The number of aromatic nitrogens is 4. The van der Waals surface area contributed by atoms with Crippen LogP contribution in [0.1, 0.15) is 37.3 Å². The molecule has 0 N–H and O–H groups in total. The summed E-state index contributed by atoms with van der Waals surface area (Å²) in [6.07, 6.45) is 5.03. The van der Waals surface area contributed by atoms with Gasteiger partial charge in [-0.2, -0.15) is 11.3 Å². The van der Waals surface area contributed by atoms with Crippen LogP contribution < -0.4 is 4.90 Å². The average Bonchev–Trinajstić information content (AvgIpc) is 3.19. The molecule has 3 heterocycles. The normalized spacial score (nSPS) is 28.0. The molecular weight excluding hydrogens is 298 g/mol. The van der Waals surface area contributed by atoms with Crippen molar-refractivity contribution < 1.29 is 4.74 Å². The Bertz CT molecular complexity index is 607. The van der Waals surface area contributed by atoms with Crippen molar-refractivity contribution in [3.63, 3.8) is 0 Å². The topological polar surface area (TPSA) is 56.1 Å². The number of anilines is 1. The summed E-state index contributed by atoms with van der Waals surface area (Å²) in [7, 11) is 1.79. The van der Waals surface area contributed by atoms with Crippen molar-refractivity contribution in [2.75, 3.05) is 18.6 Å². The van der Waals surface area contributed by atoms with Gasteiger partial charge in [-0.15, -0.1) is 0 Å². The molecular formula is C15H21N5OS. The summed E-state index contributed by atoms with van der Waals surface area (Å²) < 4.78 is 7.35. The van der Waals surface area contributed by atoms with Gasteiger partial charge in [-0.25, -0.2) is 4.68 Å². The van der Waals surface area contributed by atoms with E-state index in [2.05, 4.69) is 37.3 Å². The first kappa shape index (κ1) is 14.1. The molecule has 1 saturated heterocycles. The number of hydrogen-bond donors (Lipinski definition) is 0. The monoisotopic (exact) mass is 319 g/mol. The summed E-state index contributed by atoms with van der Waals surface area (Å²) in [4.78, 5) is 2.37. The average molecular weight is 319 g/mol. The maximum absolute atomic E-state index is 5.36. The highest BCUT2D eigenvalue weighted by molar-refractivity contribution is 7.08. The minimum atomic E-state index is 0.420. The fourth-order valence-electron chi connectivity index (χ4n) is 3.60. The molecule has 0 radical (unpaired) electrons. The maximum Gasteiger partial charge on any atom is 0.246 e. The number of tetrazole rings is 1. The number of ether oxygens (including phenoxy) is 1. The molecule has 0 aromatic carbocycles. The van der Waals surface area contributed by atoms with Gasteiger partial charge in [-0.1, -0.05) is 5.10 Å². The zero-order chi connectivity index (χ0) is 14.9. The van der Waals surface area contributed by atoms with E-state index in [1.165, 1.54) is 18.4 Å². The fourth-order valence-corrected chi connectivity index (χ4v) is 4.31. The van der Waals surface area contributed by atoms with Crippen LogP contribution in [-0.4, -0.2) is 40.0 Å². The summed E-state index contributed by atoms with van der Waals surface area (Å²) in [5.41, 5.74) is 1.39. The van der Waals surface area contributed by atoms with Crippen molar-refractivity contribution in [1.82, 2.24) is 20.2 Å². The van der Waals surface area contributed by atoms with Crippen molar-refractivity contribution in [2.45, 2.75) is 44.4 Å². The van der Waals surface area contributed by atoms with Gasteiger partial charge in [0.2, 0.25) is 5.95 Å². The van der Waals surface area contributed by atoms with Crippen molar-refractivity contribution in [3.8, 4) is 0 Å². The van der Waals surface area contributed by atoms with E-state index in [1.807, 2.05) is 4.68 Å². The summed E-state index contributed by atoms with van der Waals surface area (Å²) in [6.45, 7) is 1.93. The zero-order valence-electron chi connectivity index (χ0n) is 12.8. The van der Waals surface area contributed by atoms with Crippen LogP contribution in [0, 0.1) is 5.92 Å². The van der Waals surface area contributed by atoms with Crippen LogP contribution in [0.2, 0.25) is 0 Å². The van der Waals surface area contributed by atoms with Gasteiger partial charge in [0.25, 0.3) is 0 Å². The van der Waals surface area contributed by atoms with Crippen LogP contribution in [-0.2, 0) is 11.3 Å². The Morgan fingerprint density at radius 3 is 3.09 bits per heavy atom. The smallest absolute Gasteiger partial charge is 0.246 e. The minimum Gasteiger partial charge on any atom is -0.381 e. The van der Waals surface area contributed by atoms with Gasteiger partial charge in [-0.3, -0.25) is 0 Å². The van der Waals surface area contributed by atoms with E-state index < -0.39 is 0 Å². The SMILES string of the molecule is COC1CC(Cn2nnnc2N2CCC[C@H]2c2ccsc2)C1. The van der Waals surface area contributed by atoms with Gasteiger partial charge in [0.15, 0.2) is 0 Å². The molecule has 2 aromatic heterocycles. The lowest BCUT2D eigenvalue weighted by molar-refractivity contribution is -0.00552. The lowest BCUT2D eigenvalue weighted by Crippen LogP contribution is -2.34. The highest BCUT2D eigenvalue weighted by Crippen LogP contribution is 2.37. The largest absolute Gasteiger partial charge is 0.381 e. The van der Waals surface area contributed by atoms with Crippen LogP contribution in [0.25, 0.3) is 0 Å². The molecule has 22 heavy (non-hydrogen) atoms. The van der Waals surface area contributed by atoms with E-state index in [1.54, 1.807) is 18.4 Å². The second-order valence-corrected chi connectivity index (χ2v) is 7.04. The minimum absolute atomic E-state index is 0.420. The van der Waals surface area contributed by atoms with E-state index in [0.717, 1.165) is 31.9 Å². The van der Waals surface area contributed by atoms with Gasteiger partial charge in [0.1, 0.15) is 0 Å². The van der Waals surface area contributed by atoms with Crippen LogP contribution in [0.5, 0.6) is 0 Å². The van der Waals surface area contributed by atoms with Gasteiger partial charge in [0, 0.05) is 20.2 Å². The quantitative estimate of drug-likeness (QED) is 0.847. The Kier molecular flexibility index (Phi) is 3.83. The van der Waals surface area contributed by atoms with Crippen LogP contribution in [0.3, 0.4) is 0 Å². The molecule has 7 heteroatoms. The second-order valence-electron chi connectivity index (χ2n) is 6.26. The highest BCUT2D eigenvalue weighted by Gasteiger charge is 2.33. The van der Waals surface area contributed by atoms with E-state index in [0.29, 0.717) is 18.1 Å². The molecule has 1 aliphatic carbocycles. The van der Waals surface area contributed by atoms with Crippen LogP contribution >= 0.6 is 11.3 Å². The molecule has 4 rings (SSSR count). The fraction of sp³-hybridized carbons (Fsp3) is 0.667. The van der Waals surface area contributed by atoms with Crippen LogP contribution in [0.4, 0.5) is 5.95 Å². The Balaban J connectivity index is 1.49. The molecule has 1 atom stereocenters. The first-order valence-electron chi connectivity index (χ1n) is 7.93. The third-order valence-corrected chi connectivity index (χ3v) is 5.61. The third kappa shape index (κ3) is 2.52. The number of thiophene rings is 1. The number of methoxy groups -OCH3 is 1. The van der Waals surface area contributed by atoms with Crippen molar-refractivity contribution >= 4 is 17.3 Å². The summed E-state index contributed by atoms with van der Waals surface area (Å²) in [5.74, 6) is 1.56. The van der Waals surface area contributed by atoms with Crippen molar-refractivity contribution in [2.24, 2.45) is 5.92 Å². The Labute approximate surface area is 134 Å². The zero-order valence-corrected chi connectivity index (χ0v) is 13.6. The van der Waals surface area contributed by atoms with E-state index in [9.17, 15) is 0 Å². The lowest BCUT2D eigenvalue weighted by Gasteiger charge is -2.34. The number of hydrogen-bond acceptors (Lipinski definition) is 6. The second kappa shape index (κ2) is 5.96. The van der Waals surface area contributed by atoms with E-state index >= 15 is 0 Å². The first-order valence-corrected chi connectivity index (χ1v) is 8.87. The molecule has 0 amide bonds. The molecule has 1 saturated carbocycles. The molecule has 1 aliphatic heterocycles. The molecule has 2 fully saturated rings. The van der Waals surface area contributed by atoms with Crippen molar-refractivity contribution in [3.05, 3.63) is 22.4 Å². The van der Waals surface area contributed by atoms with Gasteiger partial charge in [0.05, 0.1) is 12.1 Å². The van der Waals surface area contributed by atoms with Gasteiger partial charge in [-0.05, 0) is 64.4 Å². The van der Waals surface area contributed by atoms with Crippen LogP contribution in [0.15, 0.2) is 16.8 Å². The predicted molar refractivity (Wildman–Crippen MR) is 85.0 cm³/mol. The predicted octanol–water partition coefficient (Wildman–Crippen LogP) is 2.50. The molecule has 0 bridgehead atoms. The molecule has 2 aliphatic rings. The first-order chi connectivity index (χ1) is 10.8. The summed E-state index contributed by atoms with van der Waals surface area (Å²) in [5, 5.41) is 16.8. The van der Waals surface area contributed by atoms with E-state index in [-0.39, 0.29) is 0 Å². The Morgan fingerprint density at radius 1 is 1.41 bits per heavy atom. The maximum atomic E-state index is 5.36. The third-order valence-electron chi connectivity index (χ3n) is 4.91. The van der Waals surface area contributed by atoms with Gasteiger partial charge >= 0.3 is 0 Å². The number of rotatable bonds is 5. The summed E-state index contributed by atoms with van der Waals surface area (Å²) in [6, 6.07) is 2.64. The Hall–Kier alpha value is -1.47. The molecule has 118 valence electrons. The lowest BCUT2D eigenvalue weighted by atomic mass is 9.82. The molecule has 6 nitrogen and oxygen atoms in total. The standard InChI is InChI=1S/C15H21N5OS/c1-21-13-7-11(8-13)9-20-15(16-17-18-20)19-5-2-3-14(19)12-4-6-22-10-12/h4,6,10-11,13-14H,2-3,5,7-9H2,1H3/t11?,13?,14-/m0/s1. The molecule has 2 aromatic rings. The summed E-state index contributed by atoms with van der Waals surface area (Å²) >= 11 is 1.76. The number of nitrogens with zero attached hydrogens (tertiary/aromatic N) is 5. The highest BCUT2D eigenvalue weighted by atomic mass is 32.1. The molecule has 0 unspecified atom stereocenters.